The molecule has 0 atom stereocenters. The van der Waals surface area contributed by atoms with Crippen LogP contribution in [-0.2, 0) is 11.2 Å². The summed E-state index contributed by atoms with van der Waals surface area (Å²) >= 11 is 0. The molecule has 32 heavy (non-hydrogen) atoms. The van der Waals surface area contributed by atoms with Gasteiger partial charge in [-0.1, -0.05) is 12.1 Å². The molecule has 8 heteroatoms. The van der Waals surface area contributed by atoms with Crippen LogP contribution < -0.4 is 10.6 Å². The minimum Gasteiger partial charge on any atom is -0.326 e. The van der Waals surface area contributed by atoms with Gasteiger partial charge in [-0.25, -0.2) is 9.07 Å². The fourth-order valence-corrected chi connectivity index (χ4v) is 3.08. The normalized spacial score (nSPS) is 10.6. The van der Waals surface area contributed by atoms with Crippen LogP contribution in [0.2, 0.25) is 0 Å². The number of anilines is 2. The van der Waals surface area contributed by atoms with Gasteiger partial charge in [0.2, 0.25) is 5.91 Å². The van der Waals surface area contributed by atoms with Gasteiger partial charge in [0.05, 0.1) is 30.2 Å². The third-order valence-corrected chi connectivity index (χ3v) is 4.65. The lowest BCUT2D eigenvalue weighted by atomic mass is 10.2. The van der Waals surface area contributed by atoms with E-state index in [-0.39, 0.29) is 18.2 Å². The smallest absolute Gasteiger partial charge is 0.255 e. The molecule has 0 spiro atoms. The van der Waals surface area contributed by atoms with Crippen molar-refractivity contribution in [2.24, 2.45) is 0 Å². The van der Waals surface area contributed by atoms with Crippen molar-refractivity contribution in [1.29, 1.82) is 0 Å². The van der Waals surface area contributed by atoms with Crippen molar-refractivity contribution in [2.45, 2.75) is 13.3 Å². The largest absolute Gasteiger partial charge is 0.326 e. The average Bonchev–Trinajstić information content (AvgIpc) is 3.24. The molecule has 2 heterocycles. The first kappa shape index (κ1) is 20.9. The summed E-state index contributed by atoms with van der Waals surface area (Å²) < 4.78 is 14.9. The van der Waals surface area contributed by atoms with Crippen molar-refractivity contribution in [3.05, 3.63) is 102 Å². The van der Waals surface area contributed by atoms with Crippen LogP contribution in [-0.4, -0.2) is 26.6 Å². The molecule has 0 aliphatic carbocycles. The molecule has 0 saturated heterocycles. The lowest BCUT2D eigenvalue weighted by Gasteiger charge is -2.07. The number of hydrogen-bond donors (Lipinski definition) is 2. The Hall–Kier alpha value is -4.33. The first-order valence-electron chi connectivity index (χ1n) is 9.90. The highest BCUT2D eigenvalue weighted by Gasteiger charge is 2.11. The molecule has 0 bridgehead atoms. The van der Waals surface area contributed by atoms with E-state index in [1.807, 2.05) is 19.1 Å². The molecule has 2 aromatic carbocycles. The SMILES string of the molecule is Cc1ccc(NC(=O)c2cccc(-n3cc(CC(=O)Nc4cccc(F)c4)cn3)c2)cn1. The molecule has 2 aromatic heterocycles. The van der Waals surface area contributed by atoms with Crippen molar-refractivity contribution in [1.82, 2.24) is 14.8 Å². The van der Waals surface area contributed by atoms with Gasteiger partial charge >= 0.3 is 0 Å². The van der Waals surface area contributed by atoms with Crippen molar-refractivity contribution in [2.75, 3.05) is 10.6 Å². The number of carbonyl (C=O) groups is 2. The number of aromatic nitrogens is 3. The van der Waals surface area contributed by atoms with Gasteiger partial charge < -0.3 is 10.6 Å². The third-order valence-electron chi connectivity index (χ3n) is 4.65. The van der Waals surface area contributed by atoms with E-state index in [2.05, 4.69) is 20.7 Å². The zero-order valence-electron chi connectivity index (χ0n) is 17.2. The highest BCUT2D eigenvalue weighted by atomic mass is 19.1. The second-order valence-electron chi connectivity index (χ2n) is 7.22. The maximum Gasteiger partial charge on any atom is 0.255 e. The minimum atomic E-state index is -0.418. The van der Waals surface area contributed by atoms with E-state index in [4.69, 9.17) is 0 Å². The van der Waals surface area contributed by atoms with Crippen LogP contribution in [0.25, 0.3) is 5.69 Å². The van der Waals surface area contributed by atoms with Gasteiger partial charge in [0, 0.05) is 23.1 Å². The molecule has 160 valence electrons. The molecule has 2 N–H and O–H groups in total. The van der Waals surface area contributed by atoms with Crippen LogP contribution in [0, 0.1) is 12.7 Å². The molecular formula is C24H20FN5O2. The molecule has 0 radical (unpaired) electrons. The quantitative estimate of drug-likeness (QED) is 0.482. The highest BCUT2D eigenvalue weighted by molar-refractivity contribution is 6.04. The van der Waals surface area contributed by atoms with Crippen molar-refractivity contribution in [3.8, 4) is 5.69 Å². The molecule has 4 rings (SSSR count). The van der Waals surface area contributed by atoms with E-state index in [1.54, 1.807) is 53.6 Å². The fraction of sp³-hybridized carbons (Fsp3) is 0.0833. The Morgan fingerprint density at radius 2 is 1.81 bits per heavy atom. The number of benzene rings is 2. The summed E-state index contributed by atoms with van der Waals surface area (Å²) in [6, 6.07) is 16.3. The second-order valence-corrected chi connectivity index (χ2v) is 7.22. The number of nitrogens with one attached hydrogen (secondary N) is 2. The van der Waals surface area contributed by atoms with Gasteiger partial charge in [-0.2, -0.15) is 5.10 Å². The highest BCUT2D eigenvalue weighted by Crippen LogP contribution is 2.15. The Kier molecular flexibility index (Phi) is 6.03. The first-order valence-corrected chi connectivity index (χ1v) is 9.90. The monoisotopic (exact) mass is 429 g/mol. The van der Waals surface area contributed by atoms with Crippen LogP contribution in [0.1, 0.15) is 21.6 Å². The second kappa shape index (κ2) is 9.22. The van der Waals surface area contributed by atoms with Gasteiger partial charge in [0.15, 0.2) is 0 Å². The van der Waals surface area contributed by atoms with Gasteiger partial charge in [-0.3, -0.25) is 14.6 Å². The number of pyridine rings is 1. The maximum absolute atomic E-state index is 13.3. The van der Waals surface area contributed by atoms with Crippen molar-refractivity contribution in [3.63, 3.8) is 0 Å². The first-order chi connectivity index (χ1) is 15.5. The summed E-state index contributed by atoms with van der Waals surface area (Å²) in [4.78, 5) is 29.0. The molecule has 4 aromatic rings. The Labute approximate surface area is 183 Å². The number of hydrogen-bond acceptors (Lipinski definition) is 4. The predicted octanol–water partition coefficient (Wildman–Crippen LogP) is 4.15. The number of halogens is 1. The average molecular weight is 429 g/mol. The topological polar surface area (TPSA) is 88.9 Å². The lowest BCUT2D eigenvalue weighted by molar-refractivity contribution is -0.115. The Morgan fingerprint density at radius 1 is 0.969 bits per heavy atom. The number of nitrogens with zero attached hydrogens (tertiary/aromatic N) is 3. The fourth-order valence-electron chi connectivity index (χ4n) is 3.08. The lowest BCUT2D eigenvalue weighted by Crippen LogP contribution is -2.14. The summed E-state index contributed by atoms with van der Waals surface area (Å²) in [5, 5.41) is 9.76. The Balaban J connectivity index is 1.43. The van der Waals surface area contributed by atoms with Crippen LogP contribution in [0.5, 0.6) is 0 Å². The summed E-state index contributed by atoms with van der Waals surface area (Å²) in [6.45, 7) is 1.87. The van der Waals surface area contributed by atoms with Crippen LogP contribution in [0.15, 0.2) is 79.3 Å². The molecular weight excluding hydrogens is 409 g/mol. The zero-order valence-corrected chi connectivity index (χ0v) is 17.2. The molecule has 7 nitrogen and oxygen atoms in total. The van der Waals surface area contributed by atoms with Crippen molar-refractivity contribution < 1.29 is 14.0 Å². The molecule has 0 aliphatic rings. The maximum atomic E-state index is 13.3. The van der Waals surface area contributed by atoms with E-state index in [1.165, 1.54) is 18.2 Å². The third kappa shape index (κ3) is 5.23. The summed E-state index contributed by atoms with van der Waals surface area (Å²) in [5.41, 5.74) is 3.69. The Morgan fingerprint density at radius 3 is 2.59 bits per heavy atom. The number of aryl methyl sites for hydroxylation is 1. The van der Waals surface area contributed by atoms with E-state index >= 15 is 0 Å². The van der Waals surface area contributed by atoms with E-state index in [9.17, 15) is 14.0 Å². The number of amides is 2. The van der Waals surface area contributed by atoms with Gasteiger partial charge in [-0.15, -0.1) is 0 Å². The summed E-state index contributed by atoms with van der Waals surface area (Å²) in [6.07, 6.45) is 4.98. The number of rotatable bonds is 6. The van der Waals surface area contributed by atoms with Gasteiger partial charge in [0.25, 0.3) is 5.91 Å². The molecule has 2 amide bonds. The predicted molar refractivity (Wildman–Crippen MR) is 119 cm³/mol. The van der Waals surface area contributed by atoms with Crippen LogP contribution >= 0.6 is 0 Å². The van der Waals surface area contributed by atoms with Crippen LogP contribution in [0.4, 0.5) is 15.8 Å². The van der Waals surface area contributed by atoms with Crippen molar-refractivity contribution >= 4 is 23.2 Å². The van der Waals surface area contributed by atoms with E-state index in [0.29, 0.717) is 28.2 Å². The summed E-state index contributed by atoms with van der Waals surface area (Å²) in [7, 11) is 0. The zero-order chi connectivity index (χ0) is 22.5. The molecule has 0 saturated carbocycles. The Bertz CT molecular complexity index is 1270. The standard InChI is InChI=1S/C24H20FN5O2/c1-16-8-9-21(14-26-16)29-24(32)18-4-2-7-22(11-18)30-15-17(13-27-30)10-23(31)28-20-6-3-5-19(25)12-20/h2-9,11-15H,10H2,1H3,(H,28,31)(H,29,32). The van der Waals surface area contributed by atoms with Crippen LogP contribution in [0.3, 0.4) is 0 Å². The van der Waals surface area contributed by atoms with E-state index < -0.39 is 5.82 Å². The van der Waals surface area contributed by atoms with E-state index in [0.717, 1.165) is 5.69 Å². The molecule has 0 unspecified atom stereocenters. The summed E-state index contributed by atoms with van der Waals surface area (Å²) in [5.74, 6) is -0.965. The minimum absolute atomic E-state index is 0.0805. The molecule has 0 fully saturated rings. The van der Waals surface area contributed by atoms with Gasteiger partial charge in [0.1, 0.15) is 5.82 Å². The molecule has 0 aliphatic heterocycles. The number of carbonyl (C=O) groups excluding carboxylic acids is 2. The van der Waals surface area contributed by atoms with Gasteiger partial charge in [-0.05, 0) is 61.0 Å².